The molecule has 19 heavy (non-hydrogen) atoms. The van der Waals surface area contributed by atoms with Crippen molar-refractivity contribution in [3.8, 4) is 0 Å². The molecule has 0 heterocycles. The number of carbonyl (C=O) groups is 1. The molecule has 1 rings (SSSR count). The number of methoxy groups -OCH3 is 1. The smallest absolute Gasteiger partial charge is 0.234 e. The van der Waals surface area contributed by atoms with Gasteiger partial charge in [-0.3, -0.25) is 4.79 Å². The van der Waals surface area contributed by atoms with Crippen LogP contribution in [-0.4, -0.2) is 43.9 Å². The molecule has 0 bridgehead atoms. The molecule has 0 spiro atoms. The van der Waals surface area contributed by atoms with Gasteiger partial charge in [0.2, 0.25) is 5.91 Å². The molecule has 0 saturated carbocycles. The summed E-state index contributed by atoms with van der Waals surface area (Å²) in [6.07, 6.45) is 0.569. The number of aliphatic hydroxyl groups is 1. The van der Waals surface area contributed by atoms with Gasteiger partial charge in [0.1, 0.15) is 0 Å². The van der Waals surface area contributed by atoms with Crippen LogP contribution in [0, 0.1) is 0 Å². The van der Waals surface area contributed by atoms with Crippen molar-refractivity contribution in [3.63, 3.8) is 0 Å². The Morgan fingerprint density at radius 3 is 2.74 bits per heavy atom. The Morgan fingerprint density at radius 2 is 2.11 bits per heavy atom. The van der Waals surface area contributed by atoms with Crippen LogP contribution in [0.5, 0.6) is 0 Å². The lowest BCUT2D eigenvalue weighted by molar-refractivity contribution is -0.120. The van der Waals surface area contributed by atoms with Gasteiger partial charge in [0.15, 0.2) is 0 Å². The van der Waals surface area contributed by atoms with Crippen molar-refractivity contribution >= 4 is 5.91 Å². The molecule has 0 fully saturated rings. The summed E-state index contributed by atoms with van der Waals surface area (Å²) in [7, 11) is 1.60. The normalized spacial score (nSPS) is 12.1. The Balaban J connectivity index is 2.23. The van der Waals surface area contributed by atoms with Crippen LogP contribution in [0.1, 0.15) is 12.0 Å². The molecule has 5 nitrogen and oxygen atoms in total. The van der Waals surface area contributed by atoms with Gasteiger partial charge in [0.05, 0.1) is 13.2 Å². The average molecular weight is 266 g/mol. The molecule has 5 heteroatoms. The van der Waals surface area contributed by atoms with E-state index in [9.17, 15) is 4.79 Å². The number of ether oxygens (including phenoxy) is 1. The minimum absolute atomic E-state index is 0.00234. The number of benzene rings is 1. The van der Waals surface area contributed by atoms with E-state index in [-0.39, 0.29) is 25.1 Å². The predicted molar refractivity (Wildman–Crippen MR) is 73.7 cm³/mol. The van der Waals surface area contributed by atoms with Crippen LogP contribution in [0.15, 0.2) is 30.3 Å². The second kappa shape index (κ2) is 9.49. The molecule has 1 aromatic carbocycles. The molecule has 106 valence electrons. The topological polar surface area (TPSA) is 70.6 Å². The van der Waals surface area contributed by atoms with Gasteiger partial charge in [-0.2, -0.15) is 0 Å². The van der Waals surface area contributed by atoms with Crippen molar-refractivity contribution in [1.29, 1.82) is 0 Å². The zero-order chi connectivity index (χ0) is 13.9. The lowest BCUT2D eigenvalue weighted by Crippen LogP contribution is -2.41. The van der Waals surface area contributed by atoms with Crippen LogP contribution in [0.25, 0.3) is 0 Å². The van der Waals surface area contributed by atoms with Crippen molar-refractivity contribution < 1.29 is 14.6 Å². The summed E-state index contributed by atoms with van der Waals surface area (Å²) in [6, 6.07) is 9.75. The highest BCUT2D eigenvalue weighted by Gasteiger charge is 2.09. The van der Waals surface area contributed by atoms with Crippen molar-refractivity contribution in [2.24, 2.45) is 0 Å². The molecule has 0 aliphatic rings. The van der Waals surface area contributed by atoms with Crippen LogP contribution >= 0.6 is 0 Å². The summed E-state index contributed by atoms with van der Waals surface area (Å²) >= 11 is 0. The molecular formula is C14H22N2O3. The van der Waals surface area contributed by atoms with Gasteiger partial charge in [-0.15, -0.1) is 0 Å². The van der Waals surface area contributed by atoms with Crippen molar-refractivity contribution in [2.75, 3.05) is 26.9 Å². The fourth-order valence-electron chi connectivity index (χ4n) is 1.70. The number of carbonyl (C=O) groups excluding carboxylic acids is 1. The number of aliphatic hydroxyl groups excluding tert-OH is 1. The summed E-state index contributed by atoms with van der Waals surface area (Å²) in [5, 5.41) is 14.8. The number of nitrogens with one attached hydrogen (secondary N) is 2. The third-order valence-electron chi connectivity index (χ3n) is 2.73. The molecule has 1 amide bonds. The molecule has 1 unspecified atom stereocenters. The predicted octanol–water partition coefficient (Wildman–Crippen LogP) is 0.290. The van der Waals surface area contributed by atoms with E-state index >= 15 is 0 Å². The Kier molecular flexibility index (Phi) is 7.81. The van der Waals surface area contributed by atoms with Gasteiger partial charge >= 0.3 is 0 Å². The maximum absolute atomic E-state index is 11.7. The van der Waals surface area contributed by atoms with E-state index in [1.807, 2.05) is 30.3 Å². The SMILES string of the molecule is COCC(CCO)NCC(=O)NCc1ccccc1. The van der Waals surface area contributed by atoms with Crippen molar-refractivity contribution in [2.45, 2.75) is 19.0 Å². The fraction of sp³-hybridized carbons (Fsp3) is 0.500. The molecule has 1 aromatic rings. The summed E-state index contributed by atoms with van der Waals surface area (Å²) < 4.78 is 5.01. The monoisotopic (exact) mass is 266 g/mol. The van der Waals surface area contributed by atoms with Crippen LogP contribution < -0.4 is 10.6 Å². The van der Waals surface area contributed by atoms with E-state index in [1.54, 1.807) is 7.11 Å². The van der Waals surface area contributed by atoms with E-state index in [1.165, 1.54) is 0 Å². The maximum atomic E-state index is 11.7. The lowest BCUT2D eigenvalue weighted by atomic mass is 10.2. The first kappa shape index (κ1) is 15.6. The lowest BCUT2D eigenvalue weighted by Gasteiger charge is -2.16. The van der Waals surface area contributed by atoms with Gasteiger partial charge in [0, 0.05) is 26.3 Å². The second-order valence-electron chi connectivity index (χ2n) is 4.31. The summed E-state index contributed by atoms with van der Waals surface area (Å²) in [5.74, 6) is -0.0668. The van der Waals surface area contributed by atoms with Crippen LogP contribution in [0.4, 0.5) is 0 Å². The van der Waals surface area contributed by atoms with Gasteiger partial charge in [-0.25, -0.2) is 0 Å². The molecule has 0 saturated heterocycles. The minimum atomic E-state index is -0.0668. The number of rotatable bonds is 9. The van der Waals surface area contributed by atoms with E-state index in [0.29, 0.717) is 19.6 Å². The summed E-state index contributed by atoms with van der Waals surface area (Å²) in [5.41, 5.74) is 1.07. The van der Waals surface area contributed by atoms with E-state index in [4.69, 9.17) is 9.84 Å². The number of hydrogen-bond donors (Lipinski definition) is 3. The molecule has 0 aliphatic carbocycles. The van der Waals surface area contributed by atoms with E-state index in [0.717, 1.165) is 5.56 Å². The highest BCUT2D eigenvalue weighted by Crippen LogP contribution is 1.97. The van der Waals surface area contributed by atoms with E-state index in [2.05, 4.69) is 10.6 Å². The number of hydrogen-bond acceptors (Lipinski definition) is 4. The molecular weight excluding hydrogens is 244 g/mol. The Hall–Kier alpha value is -1.43. The third kappa shape index (κ3) is 6.91. The minimum Gasteiger partial charge on any atom is -0.396 e. The summed E-state index contributed by atoms with van der Waals surface area (Å²) in [4.78, 5) is 11.7. The molecule has 1 atom stereocenters. The average Bonchev–Trinajstić information content (AvgIpc) is 2.44. The first-order chi connectivity index (χ1) is 9.26. The molecule has 0 aliphatic heterocycles. The Labute approximate surface area is 114 Å². The van der Waals surface area contributed by atoms with Gasteiger partial charge in [-0.05, 0) is 12.0 Å². The van der Waals surface area contributed by atoms with Gasteiger partial charge in [-0.1, -0.05) is 30.3 Å². The van der Waals surface area contributed by atoms with Crippen molar-refractivity contribution in [3.05, 3.63) is 35.9 Å². The highest BCUT2D eigenvalue weighted by molar-refractivity contribution is 5.78. The van der Waals surface area contributed by atoms with Gasteiger partial charge < -0.3 is 20.5 Å². The van der Waals surface area contributed by atoms with Crippen molar-refractivity contribution in [1.82, 2.24) is 10.6 Å². The maximum Gasteiger partial charge on any atom is 0.234 e. The zero-order valence-electron chi connectivity index (χ0n) is 11.3. The quantitative estimate of drug-likeness (QED) is 0.601. The standard InChI is InChI=1S/C14H22N2O3/c1-19-11-13(7-8-17)15-10-14(18)16-9-12-5-3-2-4-6-12/h2-6,13,15,17H,7-11H2,1H3,(H,16,18). The first-order valence-electron chi connectivity index (χ1n) is 6.40. The molecule has 0 radical (unpaired) electrons. The second-order valence-corrected chi connectivity index (χ2v) is 4.31. The largest absolute Gasteiger partial charge is 0.396 e. The molecule has 0 aromatic heterocycles. The highest BCUT2D eigenvalue weighted by atomic mass is 16.5. The zero-order valence-corrected chi connectivity index (χ0v) is 11.3. The molecule has 3 N–H and O–H groups in total. The number of amides is 1. The van der Waals surface area contributed by atoms with Crippen LogP contribution in [0.3, 0.4) is 0 Å². The van der Waals surface area contributed by atoms with E-state index < -0.39 is 0 Å². The van der Waals surface area contributed by atoms with Gasteiger partial charge in [0.25, 0.3) is 0 Å². The first-order valence-corrected chi connectivity index (χ1v) is 6.40. The van der Waals surface area contributed by atoms with Crippen LogP contribution in [0.2, 0.25) is 0 Å². The summed E-state index contributed by atoms with van der Waals surface area (Å²) in [6.45, 7) is 1.30. The Morgan fingerprint density at radius 1 is 1.37 bits per heavy atom. The van der Waals surface area contributed by atoms with Crippen LogP contribution in [-0.2, 0) is 16.1 Å². The third-order valence-corrected chi connectivity index (χ3v) is 2.73. The Bertz CT molecular complexity index is 351. The fourth-order valence-corrected chi connectivity index (χ4v) is 1.70.